The number of aryl methyl sites for hydroxylation is 1. The van der Waals surface area contributed by atoms with Gasteiger partial charge in [-0.1, -0.05) is 12.1 Å². The van der Waals surface area contributed by atoms with Gasteiger partial charge in [-0.05, 0) is 44.9 Å². The van der Waals surface area contributed by atoms with E-state index in [0.29, 0.717) is 0 Å². The Balaban J connectivity index is 1.84. The Hall–Kier alpha value is -0.753. The fourth-order valence-corrected chi connectivity index (χ4v) is 4.41. The second-order valence-corrected chi connectivity index (χ2v) is 7.10. The van der Waals surface area contributed by atoms with Gasteiger partial charge in [-0.3, -0.25) is 0 Å². The van der Waals surface area contributed by atoms with Crippen LogP contribution in [-0.4, -0.2) is 27.5 Å². The number of thiazole rings is 1. The third kappa shape index (κ3) is 4.38. The van der Waals surface area contributed by atoms with Gasteiger partial charge >= 0.3 is 9.28 Å². The zero-order valence-electron chi connectivity index (χ0n) is 11.5. The zero-order valence-corrected chi connectivity index (χ0v) is 13.3. The molecule has 0 atom stereocenters. The average Bonchev–Trinajstić information content (AvgIpc) is 2.82. The number of hydrogen-bond donors (Lipinski definition) is 0. The molecule has 1 radical (unpaired) electrons. The Morgan fingerprint density at radius 2 is 1.89 bits per heavy atom. The summed E-state index contributed by atoms with van der Waals surface area (Å²) in [6.45, 7) is 5.54. The highest BCUT2D eigenvalue weighted by molar-refractivity contribution is 7.18. The molecule has 0 spiro atoms. The Kier molecular flexibility index (Phi) is 5.97. The molecule has 0 fully saturated rings. The van der Waals surface area contributed by atoms with E-state index in [2.05, 4.69) is 23.2 Å². The lowest BCUT2D eigenvalue weighted by atomic mass is 10.3. The lowest BCUT2D eigenvalue weighted by Crippen LogP contribution is -2.22. The maximum atomic E-state index is 5.64. The van der Waals surface area contributed by atoms with Gasteiger partial charge in [0.05, 0.1) is 15.2 Å². The third-order valence-corrected chi connectivity index (χ3v) is 5.80. The molecule has 0 saturated carbocycles. The van der Waals surface area contributed by atoms with Crippen molar-refractivity contribution in [3.05, 3.63) is 29.3 Å². The van der Waals surface area contributed by atoms with Crippen LogP contribution in [0.25, 0.3) is 10.2 Å². The molecule has 1 aromatic carbocycles. The van der Waals surface area contributed by atoms with Gasteiger partial charge in [-0.15, -0.1) is 11.3 Å². The molecule has 0 aliphatic rings. The first-order valence-electron chi connectivity index (χ1n) is 6.79. The largest absolute Gasteiger partial charge is 0.394 e. The van der Waals surface area contributed by atoms with E-state index in [0.717, 1.165) is 37.6 Å². The molecule has 2 aromatic rings. The van der Waals surface area contributed by atoms with Crippen molar-refractivity contribution in [3.63, 3.8) is 0 Å². The molecular weight excluding hydrogens is 274 g/mol. The van der Waals surface area contributed by atoms with Gasteiger partial charge in [-0.2, -0.15) is 0 Å². The Labute approximate surface area is 120 Å². The van der Waals surface area contributed by atoms with Crippen molar-refractivity contribution in [3.8, 4) is 0 Å². The molecule has 0 N–H and O–H groups in total. The summed E-state index contributed by atoms with van der Waals surface area (Å²) in [5.74, 6) is 0. The first-order valence-corrected chi connectivity index (χ1v) is 9.13. The van der Waals surface area contributed by atoms with Crippen molar-refractivity contribution in [1.29, 1.82) is 0 Å². The van der Waals surface area contributed by atoms with Crippen LogP contribution in [0.4, 0.5) is 0 Å². The van der Waals surface area contributed by atoms with E-state index in [1.807, 2.05) is 19.9 Å². The number of benzene rings is 1. The van der Waals surface area contributed by atoms with E-state index >= 15 is 0 Å². The highest BCUT2D eigenvalue weighted by Gasteiger charge is 2.14. The van der Waals surface area contributed by atoms with E-state index in [4.69, 9.17) is 8.85 Å². The van der Waals surface area contributed by atoms with E-state index in [-0.39, 0.29) is 0 Å². The number of aromatic nitrogens is 1. The van der Waals surface area contributed by atoms with Crippen molar-refractivity contribution in [2.75, 3.05) is 13.2 Å². The third-order valence-electron chi connectivity index (χ3n) is 2.72. The Morgan fingerprint density at radius 3 is 2.58 bits per heavy atom. The Bertz CT molecular complexity index is 464. The number of para-hydroxylation sites is 1. The van der Waals surface area contributed by atoms with E-state index < -0.39 is 9.28 Å². The minimum absolute atomic E-state index is 0.745. The number of nitrogens with zero attached hydrogens (tertiary/aromatic N) is 1. The molecule has 0 aliphatic carbocycles. The standard InChI is InChI=1S/C14H20NO2SSi/c1-3-16-19(17-4-2)11-7-10-14-15-12-8-5-6-9-13(12)18-14/h5-6,8-9H,3-4,7,10-11H2,1-2H3. The van der Waals surface area contributed by atoms with E-state index in [9.17, 15) is 0 Å². The molecule has 2 rings (SSSR count). The van der Waals surface area contributed by atoms with Gasteiger partial charge < -0.3 is 8.85 Å². The molecule has 0 unspecified atom stereocenters. The first kappa shape index (κ1) is 14.7. The summed E-state index contributed by atoms with van der Waals surface area (Å²) < 4.78 is 12.6. The van der Waals surface area contributed by atoms with Gasteiger partial charge in [0.1, 0.15) is 0 Å². The summed E-state index contributed by atoms with van der Waals surface area (Å²) in [5, 5.41) is 1.22. The van der Waals surface area contributed by atoms with Crippen molar-refractivity contribution >= 4 is 30.8 Å². The number of rotatable bonds is 8. The zero-order chi connectivity index (χ0) is 13.5. The van der Waals surface area contributed by atoms with Gasteiger partial charge in [0.25, 0.3) is 0 Å². The van der Waals surface area contributed by atoms with Gasteiger partial charge in [0.15, 0.2) is 0 Å². The minimum Gasteiger partial charge on any atom is -0.394 e. The molecule has 0 bridgehead atoms. The predicted octanol–water partition coefficient (Wildman–Crippen LogP) is 3.79. The maximum absolute atomic E-state index is 5.64. The van der Waals surface area contributed by atoms with Crippen molar-refractivity contribution < 1.29 is 8.85 Å². The molecule has 1 aromatic heterocycles. The molecule has 3 nitrogen and oxygen atoms in total. The summed E-state index contributed by atoms with van der Waals surface area (Å²) >= 11 is 1.79. The van der Waals surface area contributed by atoms with Crippen LogP contribution in [0.3, 0.4) is 0 Å². The lowest BCUT2D eigenvalue weighted by Gasteiger charge is -2.12. The average molecular weight is 294 g/mol. The van der Waals surface area contributed by atoms with Crippen LogP contribution >= 0.6 is 11.3 Å². The second kappa shape index (κ2) is 7.74. The second-order valence-electron chi connectivity index (χ2n) is 4.17. The van der Waals surface area contributed by atoms with Crippen molar-refractivity contribution in [1.82, 2.24) is 4.98 Å². The fraction of sp³-hybridized carbons (Fsp3) is 0.500. The smallest absolute Gasteiger partial charge is 0.384 e. The summed E-state index contributed by atoms with van der Waals surface area (Å²) in [4.78, 5) is 4.65. The SMILES string of the molecule is CCO[Si](CCCc1nc2ccccc2s1)OCC. The molecule has 103 valence electrons. The topological polar surface area (TPSA) is 31.4 Å². The summed E-state index contributed by atoms with van der Waals surface area (Å²) in [6.07, 6.45) is 2.11. The highest BCUT2D eigenvalue weighted by Crippen LogP contribution is 2.23. The molecular formula is C14H20NO2SSi. The van der Waals surface area contributed by atoms with Crippen LogP contribution in [0.2, 0.25) is 6.04 Å². The van der Waals surface area contributed by atoms with Gasteiger partial charge in [-0.25, -0.2) is 4.98 Å². The number of hydrogen-bond acceptors (Lipinski definition) is 4. The van der Waals surface area contributed by atoms with Crippen LogP contribution < -0.4 is 0 Å². The van der Waals surface area contributed by atoms with Crippen LogP contribution in [-0.2, 0) is 15.3 Å². The van der Waals surface area contributed by atoms with Crippen LogP contribution in [0.1, 0.15) is 25.3 Å². The first-order chi connectivity index (χ1) is 9.33. The van der Waals surface area contributed by atoms with Crippen LogP contribution in [0.5, 0.6) is 0 Å². The normalized spacial score (nSPS) is 11.5. The monoisotopic (exact) mass is 294 g/mol. The Morgan fingerprint density at radius 1 is 1.16 bits per heavy atom. The molecule has 0 amide bonds. The summed E-state index contributed by atoms with van der Waals surface area (Å²) in [5.41, 5.74) is 1.11. The minimum atomic E-state index is -1.07. The summed E-state index contributed by atoms with van der Waals surface area (Å²) in [6, 6.07) is 9.34. The van der Waals surface area contributed by atoms with Gasteiger partial charge in [0, 0.05) is 13.2 Å². The van der Waals surface area contributed by atoms with E-state index in [1.165, 1.54) is 9.71 Å². The molecule has 0 saturated heterocycles. The van der Waals surface area contributed by atoms with E-state index in [1.54, 1.807) is 11.3 Å². The molecule has 1 heterocycles. The fourth-order valence-electron chi connectivity index (χ4n) is 1.92. The van der Waals surface area contributed by atoms with Crippen LogP contribution in [0, 0.1) is 0 Å². The molecule has 19 heavy (non-hydrogen) atoms. The lowest BCUT2D eigenvalue weighted by molar-refractivity contribution is 0.213. The number of fused-ring (bicyclic) bond motifs is 1. The quantitative estimate of drug-likeness (QED) is 0.694. The maximum Gasteiger partial charge on any atom is 0.384 e. The predicted molar refractivity (Wildman–Crippen MR) is 81.8 cm³/mol. The van der Waals surface area contributed by atoms with Crippen molar-refractivity contribution in [2.24, 2.45) is 0 Å². The van der Waals surface area contributed by atoms with Crippen molar-refractivity contribution in [2.45, 2.75) is 32.7 Å². The molecule has 5 heteroatoms. The molecule has 0 aliphatic heterocycles. The van der Waals surface area contributed by atoms with Gasteiger partial charge in [0.2, 0.25) is 0 Å². The van der Waals surface area contributed by atoms with Crippen LogP contribution in [0.15, 0.2) is 24.3 Å². The highest BCUT2D eigenvalue weighted by atomic mass is 32.1. The summed E-state index contributed by atoms with van der Waals surface area (Å²) in [7, 11) is -1.07.